The van der Waals surface area contributed by atoms with Gasteiger partial charge < -0.3 is 0 Å². The van der Waals surface area contributed by atoms with Gasteiger partial charge in [0.25, 0.3) is 0 Å². The second-order valence-electron chi connectivity index (χ2n) is 8.08. The van der Waals surface area contributed by atoms with Gasteiger partial charge in [0.15, 0.2) is 0 Å². The molecule has 0 aliphatic carbocycles. The van der Waals surface area contributed by atoms with Gasteiger partial charge in [-0.25, -0.2) is 5.06 Å². The molecule has 0 N–H and O–H groups in total. The largest absolute Gasteiger partial charge is 0.273 e. The van der Waals surface area contributed by atoms with Gasteiger partial charge in [0.1, 0.15) is 0 Å². The van der Waals surface area contributed by atoms with Crippen LogP contribution in [0.2, 0.25) is 0 Å². The first-order chi connectivity index (χ1) is 14.4. The standard InChI is InChI=1S/C27H41NO/c1-2-3-4-5-6-7-8-9-10-11-12-19-24-29-28(27-22-17-14-18-23-27)25-26-20-15-13-16-21-26/h13-18,20-23H,2-12,19,24-25H2,1H3. The van der Waals surface area contributed by atoms with Crippen molar-refractivity contribution in [1.29, 1.82) is 0 Å². The molecular formula is C27H41NO. The number of para-hydroxylation sites is 1. The number of benzene rings is 2. The Labute approximate surface area is 179 Å². The van der Waals surface area contributed by atoms with Crippen LogP contribution in [0.3, 0.4) is 0 Å². The number of nitrogens with zero attached hydrogens (tertiary/aromatic N) is 1. The second-order valence-corrected chi connectivity index (χ2v) is 8.08. The van der Waals surface area contributed by atoms with E-state index in [-0.39, 0.29) is 0 Å². The molecule has 160 valence electrons. The van der Waals surface area contributed by atoms with Crippen molar-refractivity contribution in [2.75, 3.05) is 11.7 Å². The number of anilines is 1. The summed E-state index contributed by atoms with van der Waals surface area (Å²) in [5.74, 6) is 0. The molecule has 2 aromatic rings. The molecule has 2 nitrogen and oxygen atoms in total. The third-order valence-electron chi connectivity index (χ3n) is 5.46. The first kappa shape index (κ1) is 23.5. The van der Waals surface area contributed by atoms with Crippen LogP contribution in [0.25, 0.3) is 0 Å². The Bertz CT molecular complexity index is 598. The minimum Gasteiger partial charge on any atom is -0.273 e. The highest BCUT2D eigenvalue weighted by Gasteiger charge is 2.07. The van der Waals surface area contributed by atoms with Gasteiger partial charge in [-0.2, -0.15) is 0 Å². The molecule has 0 saturated heterocycles. The quantitative estimate of drug-likeness (QED) is 0.197. The molecule has 0 amide bonds. The highest BCUT2D eigenvalue weighted by molar-refractivity contribution is 5.44. The number of rotatable bonds is 17. The third kappa shape index (κ3) is 11.1. The van der Waals surface area contributed by atoms with Crippen LogP contribution in [0.5, 0.6) is 0 Å². The van der Waals surface area contributed by atoms with E-state index in [1.165, 1.54) is 76.2 Å². The molecular weight excluding hydrogens is 354 g/mol. The van der Waals surface area contributed by atoms with Crippen molar-refractivity contribution in [3.05, 3.63) is 66.2 Å². The number of hydrogen-bond acceptors (Lipinski definition) is 2. The minimum absolute atomic E-state index is 0.781. The predicted octanol–water partition coefficient (Wildman–Crippen LogP) is 8.33. The Morgan fingerprint density at radius 2 is 1.07 bits per heavy atom. The summed E-state index contributed by atoms with van der Waals surface area (Å²) in [5.41, 5.74) is 2.39. The molecule has 0 saturated carbocycles. The van der Waals surface area contributed by atoms with E-state index in [2.05, 4.69) is 67.6 Å². The third-order valence-corrected chi connectivity index (χ3v) is 5.46. The van der Waals surface area contributed by atoms with Crippen LogP contribution in [0.1, 0.15) is 89.5 Å². The summed E-state index contributed by atoms with van der Waals surface area (Å²) >= 11 is 0. The Morgan fingerprint density at radius 1 is 0.586 bits per heavy atom. The lowest BCUT2D eigenvalue weighted by molar-refractivity contribution is 0.100. The summed E-state index contributed by atoms with van der Waals surface area (Å²) in [6.45, 7) is 3.86. The fourth-order valence-electron chi connectivity index (χ4n) is 3.67. The van der Waals surface area contributed by atoms with Gasteiger partial charge >= 0.3 is 0 Å². The predicted molar refractivity (Wildman–Crippen MR) is 126 cm³/mol. The highest BCUT2D eigenvalue weighted by atomic mass is 16.7. The molecule has 0 fully saturated rings. The van der Waals surface area contributed by atoms with Gasteiger partial charge in [0.2, 0.25) is 0 Å². The van der Waals surface area contributed by atoms with Crippen molar-refractivity contribution in [2.24, 2.45) is 0 Å². The number of hydrogen-bond donors (Lipinski definition) is 0. The van der Waals surface area contributed by atoms with Crippen molar-refractivity contribution in [2.45, 2.75) is 90.5 Å². The van der Waals surface area contributed by atoms with E-state index in [4.69, 9.17) is 4.84 Å². The van der Waals surface area contributed by atoms with E-state index < -0.39 is 0 Å². The van der Waals surface area contributed by atoms with Crippen LogP contribution in [0, 0.1) is 0 Å². The molecule has 0 heterocycles. The first-order valence-corrected chi connectivity index (χ1v) is 11.9. The summed E-state index contributed by atoms with van der Waals surface area (Å²) in [5, 5.41) is 2.04. The fraction of sp³-hybridized carbons (Fsp3) is 0.556. The molecule has 0 atom stereocenters. The van der Waals surface area contributed by atoms with Crippen molar-refractivity contribution in [3.8, 4) is 0 Å². The molecule has 2 heteroatoms. The molecule has 0 aliphatic heterocycles. The topological polar surface area (TPSA) is 12.5 Å². The molecule has 0 aliphatic rings. The maximum Gasteiger partial charge on any atom is 0.0748 e. The number of unbranched alkanes of at least 4 members (excludes halogenated alkanes) is 11. The van der Waals surface area contributed by atoms with Crippen LogP contribution < -0.4 is 5.06 Å². The maximum absolute atomic E-state index is 6.16. The van der Waals surface area contributed by atoms with Gasteiger partial charge in [-0.15, -0.1) is 0 Å². The zero-order valence-electron chi connectivity index (χ0n) is 18.5. The molecule has 29 heavy (non-hydrogen) atoms. The Morgan fingerprint density at radius 3 is 1.62 bits per heavy atom. The van der Waals surface area contributed by atoms with Crippen molar-refractivity contribution in [1.82, 2.24) is 0 Å². The molecule has 0 radical (unpaired) electrons. The van der Waals surface area contributed by atoms with Gasteiger partial charge in [-0.1, -0.05) is 126 Å². The lowest BCUT2D eigenvalue weighted by Crippen LogP contribution is -2.23. The van der Waals surface area contributed by atoms with Crippen LogP contribution in [0.15, 0.2) is 60.7 Å². The van der Waals surface area contributed by atoms with Crippen LogP contribution >= 0.6 is 0 Å². The van der Waals surface area contributed by atoms with Gasteiger partial charge in [0.05, 0.1) is 18.8 Å². The van der Waals surface area contributed by atoms with Gasteiger partial charge in [-0.05, 0) is 24.1 Å². The van der Waals surface area contributed by atoms with E-state index in [1.54, 1.807) is 0 Å². The normalized spacial score (nSPS) is 10.9. The van der Waals surface area contributed by atoms with Gasteiger partial charge in [-0.3, -0.25) is 4.84 Å². The monoisotopic (exact) mass is 395 g/mol. The lowest BCUT2D eigenvalue weighted by Gasteiger charge is -2.24. The smallest absolute Gasteiger partial charge is 0.0748 e. The van der Waals surface area contributed by atoms with E-state index in [1.807, 2.05) is 5.06 Å². The minimum atomic E-state index is 0.781. The molecule has 0 bridgehead atoms. The van der Waals surface area contributed by atoms with Crippen LogP contribution in [-0.2, 0) is 11.4 Å². The van der Waals surface area contributed by atoms with Crippen molar-refractivity contribution < 1.29 is 4.84 Å². The zero-order valence-corrected chi connectivity index (χ0v) is 18.5. The summed E-state index contributed by atoms with van der Waals surface area (Å²) < 4.78 is 0. The summed E-state index contributed by atoms with van der Waals surface area (Å²) in [6.07, 6.45) is 16.4. The average Bonchev–Trinajstić information content (AvgIpc) is 2.77. The van der Waals surface area contributed by atoms with E-state index in [0.717, 1.165) is 25.3 Å². The Kier molecular flexibility index (Phi) is 13.0. The molecule has 2 aromatic carbocycles. The Hall–Kier alpha value is -1.80. The van der Waals surface area contributed by atoms with E-state index in [0.29, 0.717) is 0 Å². The van der Waals surface area contributed by atoms with E-state index >= 15 is 0 Å². The fourth-order valence-corrected chi connectivity index (χ4v) is 3.67. The van der Waals surface area contributed by atoms with Crippen molar-refractivity contribution in [3.63, 3.8) is 0 Å². The SMILES string of the molecule is CCCCCCCCCCCCCCON(Cc1ccccc1)c1ccccc1. The zero-order chi connectivity index (χ0) is 20.4. The molecule has 0 spiro atoms. The summed E-state index contributed by atoms with van der Waals surface area (Å²) in [6, 6.07) is 21.0. The maximum atomic E-state index is 6.16. The Balaban J connectivity index is 1.55. The van der Waals surface area contributed by atoms with E-state index in [9.17, 15) is 0 Å². The number of hydroxylamine groups is 1. The molecule has 0 unspecified atom stereocenters. The van der Waals surface area contributed by atoms with Crippen LogP contribution in [0.4, 0.5) is 5.69 Å². The molecule has 0 aromatic heterocycles. The summed E-state index contributed by atoms with van der Waals surface area (Å²) in [4.78, 5) is 6.16. The molecule has 2 rings (SSSR count). The first-order valence-electron chi connectivity index (χ1n) is 11.9. The average molecular weight is 396 g/mol. The second kappa shape index (κ2) is 16.0. The van der Waals surface area contributed by atoms with Crippen LogP contribution in [-0.4, -0.2) is 6.61 Å². The summed E-state index contributed by atoms with van der Waals surface area (Å²) in [7, 11) is 0. The van der Waals surface area contributed by atoms with Crippen molar-refractivity contribution >= 4 is 5.69 Å². The van der Waals surface area contributed by atoms with Gasteiger partial charge in [0, 0.05) is 0 Å². The highest BCUT2D eigenvalue weighted by Crippen LogP contribution is 2.18. The lowest BCUT2D eigenvalue weighted by atomic mass is 10.1.